The first kappa shape index (κ1) is 18.0. The lowest BCUT2D eigenvalue weighted by atomic mass is 10.1. The van der Waals surface area contributed by atoms with E-state index in [9.17, 15) is 19.5 Å². The van der Waals surface area contributed by atoms with Crippen molar-refractivity contribution in [1.29, 1.82) is 0 Å². The Morgan fingerprint density at radius 3 is 2.52 bits per heavy atom. The number of benzene rings is 2. The number of aliphatic carboxylic acids is 1. The average Bonchev–Trinajstić information content (AvgIpc) is 2.66. The Kier molecular flexibility index (Phi) is 4.80. The number of aryl methyl sites for hydroxylation is 1. The van der Waals surface area contributed by atoms with Crippen molar-refractivity contribution < 1.29 is 24.5 Å². The Morgan fingerprint density at radius 2 is 1.89 bits per heavy atom. The number of anilines is 1. The second kappa shape index (κ2) is 7.20. The van der Waals surface area contributed by atoms with Crippen molar-refractivity contribution in [2.75, 3.05) is 11.4 Å². The van der Waals surface area contributed by atoms with Gasteiger partial charge in [-0.1, -0.05) is 18.2 Å². The first-order chi connectivity index (χ1) is 12.9. The molecular formula is C19H16N2O6. The predicted molar refractivity (Wildman–Crippen MR) is 98.4 cm³/mol. The van der Waals surface area contributed by atoms with E-state index in [1.54, 1.807) is 24.3 Å². The van der Waals surface area contributed by atoms with E-state index in [-0.39, 0.29) is 17.5 Å². The Hall–Kier alpha value is -3.81. The third-order valence-electron chi connectivity index (χ3n) is 4.02. The maximum absolute atomic E-state index is 12.6. The number of hydrogen-bond acceptors (Lipinski definition) is 5. The van der Waals surface area contributed by atoms with Gasteiger partial charge < -0.3 is 19.5 Å². The van der Waals surface area contributed by atoms with Crippen LogP contribution < -0.4 is 15.2 Å². The van der Waals surface area contributed by atoms with Gasteiger partial charge in [0.2, 0.25) is 6.41 Å². The molecule has 0 aliphatic carbocycles. The summed E-state index contributed by atoms with van der Waals surface area (Å²) in [5.74, 6) is -0.715. The van der Waals surface area contributed by atoms with Gasteiger partial charge in [0, 0.05) is 18.5 Å². The Morgan fingerprint density at radius 1 is 1.19 bits per heavy atom. The fraction of sp³-hybridized carbons (Fsp3) is 0.105. The molecular weight excluding hydrogens is 352 g/mol. The van der Waals surface area contributed by atoms with Crippen molar-refractivity contribution in [3.8, 4) is 17.2 Å². The van der Waals surface area contributed by atoms with Crippen molar-refractivity contribution in [1.82, 2.24) is 4.57 Å². The lowest BCUT2D eigenvalue weighted by molar-refractivity contribution is -0.136. The SMILES string of the molecule is Cn1c(=O)c(N(C=O)CC(=O)O)c(O)c2ccc(Oc3ccccc3)cc21. The molecule has 0 fully saturated rings. The molecule has 3 rings (SSSR count). The van der Waals surface area contributed by atoms with Crippen LogP contribution in [0.3, 0.4) is 0 Å². The molecule has 0 atom stereocenters. The van der Waals surface area contributed by atoms with Crippen LogP contribution in [0.15, 0.2) is 53.3 Å². The highest BCUT2D eigenvalue weighted by Crippen LogP contribution is 2.34. The molecule has 0 radical (unpaired) electrons. The molecule has 0 aliphatic rings. The summed E-state index contributed by atoms with van der Waals surface area (Å²) in [6.45, 7) is -0.743. The van der Waals surface area contributed by atoms with Gasteiger partial charge in [0.1, 0.15) is 18.0 Å². The van der Waals surface area contributed by atoms with E-state index >= 15 is 0 Å². The summed E-state index contributed by atoms with van der Waals surface area (Å²) in [7, 11) is 1.46. The molecule has 0 aliphatic heterocycles. The largest absolute Gasteiger partial charge is 0.505 e. The molecule has 2 aromatic carbocycles. The third kappa shape index (κ3) is 3.45. The molecule has 0 spiro atoms. The molecule has 1 aromatic heterocycles. The predicted octanol–water partition coefficient (Wildman–Crippen LogP) is 2.08. The molecule has 8 nitrogen and oxygen atoms in total. The summed E-state index contributed by atoms with van der Waals surface area (Å²) in [6, 6.07) is 13.8. The maximum atomic E-state index is 12.6. The third-order valence-corrected chi connectivity index (χ3v) is 4.02. The number of hydrogen-bond donors (Lipinski definition) is 2. The smallest absolute Gasteiger partial charge is 0.323 e. The van der Waals surface area contributed by atoms with Gasteiger partial charge >= 0.3 is 5.97 Å². The number of amides is 1. The van der Waals surface area contributed by atoms with Gasteiger partial charge in [0.25, 0.3) is 5.56 Å². The molecule has 2 N–H and O–H groups in total. The molecule has 3 aromatic rings. The number of pyridine rings is 1. The summed E-state index contributed by atoms with van der Waals surface area (Å²) in [5.41, 5.74) is -0.722. The van der Waals surface area contributed by atoms with Crippen LogP contribution in [-0.4, -0.2) is 33.7 Å². The van der Waals surface area contributed by atoms with Gasteiger partial charge in [-0.3, -0.25) is 19.3 Å². The van der Waals surface area contributed by atoms with Crippen molar-refractivity contribution >= 4 is 29.0 Å². The Balaban J connectivity index is 2.13. The highest BCUT2D eigenvalue weighted by Gasteiger charge is 2.22. The minimum Gasteiger partial charge on any atom is -0.505 e. The number of carboxylic acids is 1. The number of carbonyl (C=O) groups excluding carboxylic acids is 1. The number of aromatic nitrogens is 1. The van der Waals surface area contributed by atoms with Crippen LogP contribution in [0.1, 0.15) is 0 Å². The second-order valence-electron chi connectivity index (χ2n) is 5.78. The maximum Gasteiger partial charge on any atom is 0.323 e. The minimum atomic E-state index is -1.31. The zero-order valence-corrected chi connectivity index (χ0v) is 14.3. The van der Waals surface area contributed by atoms with Gasteiger partial charge in [-0.05, 0) is 24.3 Å². The number of fused-ring (bicyclic) bond motifs is 1. The molecule has 0 saturated heterocycles. The summed E-state index contributed by atoms with van der Waals surface area (Å²) in [5, 5.41) is 19.7. The molecule has 0 bridgehead atoms. The van der Waals surface area contributed by atoms with Crippen LogP contribution in [0.25, 0.3) is 10.9 Å². The minimum absolute atomic E-state index is 0.198. The normalized spacial score (nSPS) is 10.6. The van der Waals surface area contributed by atoms with Gasteiger partial charge in [-0.25, -0.2) is 0 Å². The first-order valence-corrected chi connectivity index (χ1v) is 7.94. The summed E-state index contributed by atoms with van der Waals surface area (Å²) in [6.07, 6.45) is 0.198. The van der Waals surface area contributed by atoms with E-state index in [0.29, 0.717) is 21.9 Å². The number of aromatic hydroxyl groups is 1. The van der Waals surface area contributed by atoms with Gasteiger partial charge in [0.05, 0.1) is 5.52 Å². The van der Waals surface area contributed by atoms with Crippen molar-refractivity contribution in [2.45, 2.75) is 0 Å². The number of ether oxygens (including phenoxy) is 1. The number of carboxylic acid groups (broad SMARTS) is 1. The number of rotatable bonds is 6. The highest BCUT2D eigenvalue weighted by atomic mass is 16.5. The van der Waals surface area contributed by atoms with Crippen molar-refractivity contribution in [2.24, 2.45) is 7.05 Å². The molecule has 1 heterocycles. The number of nitrogens with zero attached hydrogens (tertiary/aromatic N) is 2. The van der Waals surface area contributed by atoms with E-state index in [4.69, 9.17) is 9.84 Å². The van der Waals surface area contributed by atoms with Crippen LogP contribution in [0.4, 0.5) is 5.69 Å². The van der Waals surface area contributed by atoms with E-state index in [1.165, 1.54) is 17.7 Å². The molecule has 0 unspecified atom stereocenters. The lowest BCUT2D eigenvalue weighted by Crippen LogP contribution is -2.34. The van der Waals surface area contributed by atoms with Crippen molar-refractivity contribution in [3.05, 3.63) is 58.9 Å². The zero-order chi connectivity index (χ0) is 19.6. The summed E-state index contributed by atoms with van der Waals surface area (Å²) < 4.78 is 6.95. The molecule has 138 valence electrons. The van der Waals surface area contributed by atoms with E-state index in [1.807, 2.05) is 18.2 Å². The van der Waals surface area contributed by atoms with Crippen LogP contribution in [-0.2, 0) is 16.6 Å². The Labute approximate surface area is 153 Å². The van der Waals surface area contributed by atoms with Crippen LogP contribution in [0.5, 0.6) is 17.2 Å². The monoisotopic (exact) mass is 368 g/mol. The quantitative estimate of drug-likeness (QED) is 0.645. The van der Waals surface area contributed by atoms with E-state index in [2.05, 4.69) is 0 Å². The van der Waals surface area contributed by atoms with E-state index in [0.717, 1.165) is 0 Å². The fourth-order valence-corrected chi connectivity index (χ4v) is 2.75. The lowest BCUT2D eigenvalue weighted by Gasteiger charge is -2.19. The first-order valence-electron chi connectivity index (χ1n) is 7.94. The van der Waals surface area contributed by atoms with Gasteiger partial charge in [-0.15, -0.1) is 0 Å². The van der Waals surface area contributed by atoms with Gasteiger partial charge in [0.15, 0.2) is 11.4 Å². The number of para-hydroxylation sites is 1. The molecule has 0 saturated carbocycles. The molecule has 8 heteroatoms. The van der Waals surface area contributed by atoms with E-state index < -0.39 is 23.8 Å². The standard InChI is InChI=1S/C19H16N2O6/c1-20-15-9-13(27-12-5-3-2-4-6-12)7-8-14(15)18(25)17(19(20)26)21(11-22)10-16(23)24/h2-9,11,25H,10H2,1H3,(H,23,24). The number of carbonyl (C=O) groups is 2. The van der Waals surface area contributed by atoms with Crippen LogP contribution in [0, 0.1) is 0 Å². The topological polar surface area (TPSA) is 109 Å². The molecule has 1 amide bonds. The van der Waals surface area contributed by atoms with Crippen LogP contribution in [0.2, 0.25) is 0 Å². The second-order valence-corrected chi connectivity index (χ2v) is 5.78. The zero-order valence-electron chi connectivity index (χ0n) is 14.3. The molecule has 27 heavy (non-hydrogen) atoms. The summed E-state index contributed by atoms with van der Waals surface area (Å²) in [4.78, 5) is 35.4. The van der Waals surface area contributed by atoms with Crippen molar-refractivity contribution in [3.63, 3.8) is 0 Å². The Bertz CT molecular complexity index is 1070. The van der Waals surface area contributed by atoms with Crippen LogP contribution >= 0.6 is 0 Å². The fourth-order valence-electron chi connectivity index (χ4n) is 2.75. The highest BCUT2D eigenvalue weighted by molar-refractivity contribution is 5.96. The average molecular weight is 368 g/mol. The van der Waals surface area contributed by atoms with Gasteiger partial charge in [-0.2, -0.15) is 0 Å². The summed E-state index contributed by atoms with van der Waals surface area (Å²) >= 11 is 0.